The molecule has 104 valence electrons. The molecule has 1 heterocycles. The number of nitrogens with one attached hydrogen (secondary N) is 1. The molecule has 0 unspecified atom stereocenters. The van der Waals surface area contributed by atoms with Crippen molar-refractivity contribution in [3.05, 3.63) is 22.7 Å². The zero-order valence-corrected chi connectivity index (χ0v) is 11.6. The van der Waals surface area contributed by atoms with Crippen molar-refractivity contribution in [3.63, 3.8) is 0 Å². The van der Waals surface area contributed by atoms with Gasteiger partial charge in [-0.15, -0.1) is 0 Å². The van der Waals surface area contributed by atoms with Crippen molar-refractivity contribution in [1.82, 2.24) is 5.32 Å². The first-order chi connectivity index (χ1) is 8.93. The molecule has 1 amide bonds. The Morgan fingerprint density at radius 2 is 2.11 bits per heavy atom. The number of hydrogen-bond acceptors (Lipinski definition) is 4. The Kier molecular flexibility index (Phi) is 3.87. The van der Waals surface area contributed by atoms with E-state index in [0.717, 1.165) is 0 Å². The van der Waals surface area contributed by atoms with E-state index in [-0.39, 0.29) is 12.5 Å². The van der Waals surface area contributed by atoms with E-state index in [9.17, 15) is 4.79 Å². The molecular formula is C13H16ClNO4. The number of fused-ring (bicyclic) bond motifs is 1. The first-order valence-corrected chi connectivity index (χ1v) is 6.33. The maximum absolute atomic E-state index is 12.1. The van der Waals surface area contributed by atoms with Gasteiger partial charge in [0.15, 0.2) is 11.5 Å². The second-order valence-corrected chi connectivity index (χ2v) is 5.39. The van der Waals surface area contributed by atoms with Crippen LogP contribution >= 0.6 is 11.6 Å². The predicted octanol–water partition coefficient (Wildman–Crippen LogP) is 1.61. The molecule has 0 atom stereocenters. The highest BCUT2D eigenvalue weighted by Gasteiger charge is 2.23. The van der Waals surface area contributed by atoms with Crippen LogP contribution < -0.4 is 14.8 Å². The molecule has 0 aromatic heterocycles. The summed E-state index contributed by atoms with van der Waals surface area (Å²) in [5, 5.41) is 12.2. The number of carbonyl (C=O) groups is 1. The van der Waals surface area contributed by atoms with Crippen molar-refractivity contribution in [2.75, 3.05) is 19.8 Å². The Hall–Kier alpha value is -1.46. The van der Waals surface area contributed by atoms with Crippen molar-refractivity contribution in [3.8, 4) is 11.5 Å². The average molecular weight is 286 g/mol. The highest BCUT2D eigenvalue weighted by molar-refractivity contribution is 6.32. The number of ether oxygens (including phenoxy) is 2. The second kappa shape index (κ2) is 5.27. The molecule has 0 aliphatic carbocycles. The summed E-state index contributed by atoms with van der Waals surface area (Å²) in [6, 6.07) is 3.11. The van der Waals surface area contributed by atoms with Gasteiger partial charge in [0.25, 0.3) is 5.91 Å². The van der Waals surface area contributed by atoms with Crippen LogP contribution in [0.4, 0.5) is 0 Å². The van der Waals surface area contributed by atoms with Gasteiger partial charge in [0.1, 0.15) is 13.2 Å². The zero-order valence-electron chi connectivity index (χ0n) is 10.8. The summed E-state index contributed by atoms with van der Waals surface area (Å²) in [5.41, 5.74) is -0.327. The summed E-state index contributed by atoms with van der Waals surface area (Å²) in [7, 11) is 0. The number of halogens is 1. The Bertz CT molecular complexity index is 502. The highest BCUT2D eigenvalue weighted by atomic mass is 35.5. The molecule has 5 nitrogen and oxygen atoms in total. The largest absolute Gasteiger partial charge is 0.486 e. The lowest BCUT2D eigenvalue weighted by Crippen LogP contribution is -2.46. The molecule has 0 bridgehead atoms. The number of carbonyl (C=O) groups excluding carboxylic acids is 1. The van der Waals surface area contributed by atoms with Crippen LogP contribution in [0.15, 0.2) is 12.1 Å². The maximum atomic E-state index is 12.1. The molecule has 1 aromatic rings. The van der Waals surface area contributed by atoms with Crippen LogP contribution in [-0.4, -0.2) is 36.4 Å². The lowest BCUT2D eigenvalue weighted by Gasteiger charge is -2.24. The first-order valence-electron chi connectivity index (χ1n) is 5.95. The topological polar surface area (TPSA) is 67.8 Å². The van der Waals surface area contributed by atoms with Crippen LogP contribution in [-0.2, 0) is 0 Å². The Balaban J connectivity index is 2.26. The van der Waals surface area contributed by atoms with E-state index in [2.05, 4.69) is 5.32 Å². The number of aliphatic hydroxyl groups is 1. The lowest BCUT2D eigenvalue weighted by atomic mass is 10.1. The molecule has 0 radical (unpaired) electrons. The normalized spacial score (nSPS) is 14.1. The van der Waals surface area contributed by atoms with Gasteiger partial charge in [-0.05, 0) is 26.0 Å². The van der Waals surface area contributed by atoms with Crippen LogP contribution in [0.25, 0.3) is 0 Å². The fourth-order valence-corrected chi connectivity index (χ4v) is 1.93. The van der Waals surface area contributed by atoms with Gasteiger partial charge in [0.2, 0.25) is 0 Å². The number of hydrogen-bond donors (Lipinski definition) is 2. The van der Waals surface area contributed by atoms with E-state index in [1.807, 2.05) is 0 Å². The van der Waals surface area contributed by atoms with Crippen LogP contribution in [0.5, 0.6) is 11.5 Å². The molecule has 0 saturated heterocycles. The van der Waals surface area contributed by atoms with E-state index < -0.39 is 5.54 Å². The third kappa shape index (κ3) is 3.11. The smallest absolute Gasteiger partial charge is 0.251 e. The van der Waals surface area contributed by atoms with Gasteiger partial charge >= 0.3 is 0 Å². The number of rotatable bonds is 3. The van der Waals surface area contributed by atoms with Crippen molar-refractivity contribution in [2.24, 2.45) is 0 Å². The lowest BCUT2D eigenvalue weighted by molar-refractivity contribution is 0.0868. The minimum absolute atomic E-state index is 0.156. The van der Waals surface area contributed by atoms with Gasteiger partial charge in [-0.1, -0.05) is 11.6 Å². The van der Waals surface area contributed by atoms with Gasteiger partial charge < -0.3 is 19.9 Å². The molecule has 1 aliphatic heterocycles. The summed E-state index contributed by atoms with van der Waals surface area (Å²) in [4.78, 5) is 12.1. The quantitative estimate of drug-likeness (QED) is 0.885. The minimum Gasteiger partial charge on any atom is -0.486 e. The molecule has 0 saturated carbocycles. The number of benzene rings is 1. The molecule has 1 aliphatic rings. The fourth-order valence-electron chi connectivity index (χ4n) is 1.66. The summed E-state index contributed by atoms with van der Waals surface area (Å²) in [6.07, 6.45) is 0. The van der Waals surface area contributed by atoms with Gasteiger partial charge in [0, 0.05) is 5.56 Å². The SMILES string of the molecule is CC(C)(CO)NC(=O)c1cc(Cl)c2c(c1)OCCO2. The van der Waals surface area contributed by atoms with E-state index in [1.54, 1.807) is 19.9 Å². The molecule has 2 N–H and O–H groups in total. The molecular weight excluding hydrogens is 270 g/mol. The summed E-state index contributed by atoms with van der Waals surface area (Å²) >= 11 is 6.06. The van der Waals surface area contributed by atoms with Gasteiger partial charge in [-0.2, -0.15) is 0 Å². The average Bonchev–Trinajstić information content (AvgIpc) is 2.38. The fraction of sp³-hybridized carbons (Fsp3) is 0.462. The standard InChI is InChI=1S/C13H16ClNO4/c1-13(2,7-16)15-12(17)8-5-9(14)11-10(6-8)18-3-4-19-11/h5-6,16H,3-4,7H2,1-2H3,(H,15,17). The predicted molar refractivity (Wildman–Crippen MR) is 71.1 cm³/mol. The summed E-state index contributed by atoms with van der Waals surface area (Å²) in [5.74, 6) is 0.606. The van der Waals surface area contributed by atoms with Crippen molar-refractivity contribution < 1.29 is 19.4 Å². The van der Waals surface area contributed by atoms with Gasteiger partial charge in [-0.3, -0.25) is 4.79 Å². The monoisotopic (exact) mass is 285 g/mol. The second-order valence-electron chi connectivity index (χ2n) is 4.98. The third-order valence-electron chi connectivity index (χ3n) is 2.71. The van der Waals surface area contributed by atoms with E-state index >= 15 is 0 Å². The Morgan fingerprint density at radius 3 is 2.79 bits per heavy atom. The molecule has 6 heteroatoms. The number of aliphatic hydroxyl groups excluding tert-OH is 1. The third-order valence-corrected chi connectivity index (χ3v) is 2.99. The molecule has 0 fully saturated rings. The highest BCUT2D eigenvalue weighted by Crippen LogP contribution is 2.38. The van der Waals surface area contributed by atoms with Gasteiger partial charge in [-0.25, -0.2) is 0 Å². The molecule has 0 spiro atoms. The molecule has 19 heavy (non-hydrogen) atoms. The minimum atomic E-state index is -0.698. The summed E-state index contributed by atoms with van der Waals surface area (Å²) < 4.78 is 10.8. The van der Waals surface area contributed by atoms with Crippen LogP contribution in [0, 0.1) is 0 Å². The van der Waals surface area contributed by atoms with E-state index in [1.165, 1.54) is 6.07 Å². The van der Waals surface area contributed by atoms with Gasteiger partial charge in [0.05, 0.1) is 17.2 Å². The zero-order chi connectivity index (χ0) is 14.0. The Morgan fingerprint density at radius 1 is 1.42 bits per heavy atom. The van der Waals surface area contributed by atoms with E-state index in [0.29, 0.717) is 35.3 Å². The van der Waals surface area contributed by atoms with Crippen molar-refractivity contribution >= 4 is 17.5 Å². The van der Waals surface area contributed by atoms with E-state index in [4.69, 9.17) is 26.2 Å². The van der Waals surface area contributed by atoms with Crippen molar-refractivity contribution in [2.45, 2.75) is 19.4 Å². The summed E-state index contributed by atoms with van der Waals surface area (Å²) in [6.45, 7) is 4.17. The van der Waals surface area contributed by atoms with Crippen LogP contribution in [0.3, 0.4) is 0 Å². The van der Waals surface area contributed by atoms with Crippen LogP contribution in [0.2, 0.25) is 5.02 Å². The molecule has 1 aromatic carbocycles. The molecule has 2 rings (SSSR count). The number of amides is 1. The maximum Gasteiger partial charge on any atom is 0.251 e. The van der Waals surface area contributed by atoms with Crippen LogP contribution in [0.1, 0.15) is 24.2 Å². The first kappa shape index (κ1) is 14.0. The Labute approximate surface area is 116 Å². The van der Waals surface area contributed by atoms with Crippen molar-refractivity contribution in [1.29, 1.82) is 0 Å².